The van der Waals surface area contributed by atoms with Crippen molar-refractivity contribution in [3.8, 4) is 0 Å². The van der Waals surface area contributed by atoms with Crippen molar-refractivity contribution < 1.29 is 9.59 Å². The van der Waals surface area contributed by atoms with Crippen molar-refractivity contribution in [1.29, 1.82) is 0 Å². The first-order valence-electron chi connectivity index (χ1n) is 10.9. The number of carbonyl (C=O) groups excluding carboxylic acids is 2. The van der Waals surface area contributed by atoms with Gasteiger partial charge in [0.25, 0.3) is 0 Å². The Bertz CT molecular complexity index is 881. The summed E-state index contributed by atoms with van der Waals surface area (Å²) in [5.41, 5.74) is 2.51. The van der Waals surface area contributed by atoms with Gasteiger partial charge in [0.1, 0.15) is 0 Å². The number of benzene rings is 1. The average Bonchev–Trinajstić information content (AvgIpc) is 3.40. The summed E-state index contributed by atoms with van der Waals surface area (Å²) in [6.07, 6.45) is 5.22. The molecule has 1 saturated carbocycles. The number of halogens is 1. The van der Waals surface area contributed by atoms with Crippen molar-refractivity contribution >= 4 is 41.8 Å². The zero-order valence-electron chi connectivity index (χ0n) is 18.7. The van der Waals surface area contributed by atoms with Crippen molar-refractivity contribution in [2.75, 3.05) is 26.7 Å². The quantitative estimate of drug-likeness (QED) is 0.193. The maximum atomic E-state index is 12.8. The van der Waals surface area contributed by atoms with Crippen LogP contribution in [0, 0.1) is 30.6 Å². The molecule has 2 amide bonds. The molecule has 31 heavy (non-hydrogen) atoms. The highest BCUT2D eigenvalue weighted by atomic mass is 127. The van der Waals surface area contributed by atoms with Crippen LogP contribution in [0.15, 0.2) is 41.4 Å². The molecule has 1 saturated heterocycles. The lowest BCUT2D eigenvalue weighted by Crippen LogP contribution is -2.46. The molecule has 2 fully saturated rings. The van der Waals surface area contributed by atoms with Gasteiger partial charge in [-0.3, -0.25) is 19.5 Å². The molecule has 7 heteroatoms. The highest BCUT2D eigenvalue weighted by Gasteiger charge is 2.58. The highest BCUT2D eigenvalue weighted by molar-refractivity contribution is 14.0. The molecule has 1 heterocycles. The third-order valence-electron chi connectivity index (χ3n) is 6.99. The average molecular weight is 536 g/mol. The molecule has 2 aliphatic carbocycles. The Hall–Kier alpha value is -1.90. The molecule has 4 unspecified atom stereocenters. The monoisotopic (exact) mass is 536 g/mol. The van der Waals surface area contributed by atoms with Crippen molar-refractivity contribution in [2.45, 2.75) is 32.6 Å². The van der Waals surface area contributed by atoms with Gasteiger partial charge in [-0.15, -0.1) is 24.0 Å². The lowest BCUT2D eigenvalue weighted by atomic mass is 9.82. The number of allylic oxidation sites excluding steroid dienone is 2. The van der Waals surface area contributed by atoms with Crippen LogP contribution in [0.5, 0.6) is 0 Å². The van der Waals surface area contributed by atoms with Crippen LogP contribution in [-0.2, 0) is 15.0 Å². The number of rotatable bonds is 6. The molecule has 1 aromatic carbocycles. The number of aliphatic imine (C=N–C) groups is 1. The summed E-state index contributed by atoms with van der Waals surface area (Å²) < 4.78 is 0. The molecule has 0 aromatic heterocycles. The molecule has 1 aromatic rings. The third kappa shape index (κ3) is 4.38. The number of carbonyl (C=O) groups is 2. The SMILES string of the molecule is CN=C(NCCN1C(=O)C2C3C=CC(C3)C2C1=O)NCC(C)(C)c1ccccc1C.I. The van der Waals surface area contributed by atoms with Crippen LogP contribution in [0.4, 0.5) is 0 Å². The Kier molecular flexibility index (Phi) is 7.13. The minimum atomic E-state index is -0.125. The summed E-state index contributed by atoms with van der Waals surface area (Å²) in [5.74, 6) is 0.956. The van der Waals surface area contributed by atoms with Crippen LogP contribution in [0.2, 0.25) is 0 Å². The highest BCUT2D eigenvalue weighted by Crippen LogP contribution is 2.52. The normalized spacial score (nSPS) is 26.8. The van der Waals surface area contributed by atoms with Crippen molar-refractivity contribution in [1.82, 2.24) is 15.5 Å². The minimum absolute atomic E-state index is 0. The van der Waals surface area contributed by atoms with Crippen LogP contribution in [0.3, 0.4) is 0 Å². The molecule has 0 spiro atoms. The van der Waals surface area contributed by atoms with Gasteiger partial charge in [0, 0.05) is 32.1 Å². The molecular formula is C24H33IN4O2. The predicted octanol–water partition coefficient (Wildman–Crippen LogP) is 2.86. The summed E-state index contributed by atoms with van der Waals surface area (Å²) in [6.45, 7) is 8.14. The minimum Gasteiger partial charge on any atom is -0.356 e. The number of hydrogen-bond acceptors (Lipinski definition) is 3. The smallest absolute Gasteiger partial charge is 0.233 e. The van der Waals surface area contributed by atoms with Gasteiger partial charge in [-0.2, -0.15) is 0 Å². The number of amides is 2. The Balaban J connectivity index is 0.00000272. The first-order valence-corrected chi connectivity index (χ1v) is 10.9. The number of hydrogen-bond donors (Lipinski definition) is 2. The largest absolute Gasteiger partial charge is 0.356 e. The van der Waals surface area contributed by atoms with E-state index in [1.807, 2.05) is 0 Å². The van der Waals surface area contributed by atoms with E-state index in [1.165, 1.54) is 16.0 Å². The number of aryl methyl sites for hydroxylation is 1. The molecule has 168 valence electrons. The van der Waals surface area contributed by atoms with Crippen LogP contribution in [0.25, 0.3) is 0 Å². The van der Waals surface area contributed by atoms with E-state index in [2.05, 4.69) is 72.8 Å². The van der Waals surface area contributed by atoms with Crippen LogP contribution in [0.1, 0.15) is 31.4 Å². The fraction of sp³-hybridized carbons (Fsp3) is 0.542. The van der Waals surface area contributed by atoms with Crippen molar-refractivity contribution in [3.63, 3.8) is 0 Å². The van der Waals surface area contributed by atoms with E-state index in [0.29, 0.717) is 19.0 Å². The van der Waals surface area contributed by atoms with Gasteiger partial charge in [-0.25, -0.2) is 0 Å². The van der Waals surface area contributed by atoms with Crippen LogP contribution >= 0.6 is 24.0 Å². The first-order chi connectivity index (χ1) is 14.3. The van der Waals surface area contributed by atoms with E-state index >= 15 is 0 Å². The van der Waals surface area contributed by atoms with Crippen LogP contribution < -0.4 is 10.6 Å². The topological polar surface area (TPSA) is 73.8 Å². The molecule has 1 aliphatic heterocycles. The molecule has 6 nitrogen and oxygen atoms in total. The molecule has 3 aliphatic rings. The summed E-state index contributed by atoms with van der Waals surface area (Å²) in [7, 11) is 1.73. The fourth-order valence-electron chi connectivity index (χ4n) is 5.42. The van der Waals surface area contributed by atoms with Crippen molar-refractivity contribution in [2.24, 2.45) is 28.7 Å². The van der Waals surface area contributed by atoms with E-state index in [0.717, 1.165) is 13.0 Å². The van der Waals surface area contributed by atoms with Gasteiger partial charge >= 0.3 is 0 Å². The van der Waals surface area contributed by atoms with E-state index in [9.17, 15) is 9.59 Å². The molecule has 2 bridgehead atoms. The maximum Gasteiger partial charge on any atom is 0.233 e. The first kappa shape index (κ1) is 23.8. The van der Waals surface area contributed by atoms with Crippen molar-refractivity contribution in [3.05, 3.63) is 47.5 Å². The Labute approximate surface area is 202 Å². The molecular weight excluding hydrogens is 503 g/mol. The van der Waals surface area contributed by atoms with E-state index in [-0.39, 0.29) is 64.9 Å². The van der Waals surface area contributed by atoms with E-state index in [4.69, 9.17) is 0 Å². The number of fused-ring (bicyclic) bond motifs is 5. The Morgan fingerprint density at radius 2 is 1.71 bits per heavy atom. The van der Waals surface area contributed by atoms with Crippen LogP contribution in [-0.4, -0.2) is 49.4 Å². The number of likely N-dealkylation sites (tertiary alicyclic amines) is 1. The standard InChI is InChI=1S/C24H32N4O2.HI/c1-15-7-5-6-8-18(15)24(2,3)14-27-23(25-4)26-11-12-28-21(29)19-16-9-10-17(13-16)20(19)22(28)30;/h5-10,16-17,19-20H,11-14H2,1-4H3,(H2,25,26,27);1H. The number of guanidine groups is 1. The van der Waals surface area contributed by atoms with E-state index < -0.39 is 0 Å². The molecule has 0 radical (unpaired) electrons. The molecule has 4 rings (SSSR count). The Morgan fingerprint density at radius 1 is 1.10 bits per heavy atom. The summed E-state index contributed by atoms with van der Waals surface area (Å²) >= 11 is 0. The lowest BCUT2D eigenvalue weighted by Gasteiger charge is -2.28. The lowest BCUT2D eigenvalue weighted by molar-refractivity contribution is -0.140. The second kappa shape index (κ2) is 9.30. The fourth-order valence-corrected chi connectivity index (χ4v) is 5.42. The Morgan fingerprint density at radius 3 is 2.29 bits per heavy atom. The number of nitrogens with zero attached hydrogens (tertiary/aromatic N) is 2. The molecule has 2 N–H and O–H groups in total. The van der Waals surface area contributed by atoms with E-state index in [1.54, 1.807) is 7.05 Å². The second-order valence-electron chi connectivity index (χ2n) is 9.38. The maximum absolute atomic E-state index is 12.8. The number of nitrogens with one attached hydrogen (secondary N) is 2. The summed E-state index contributed by atoms with van der Waals surface area (Å²) in [5, 5.41) is 6.64. The zero-order valence-corrected chi connectivity index (χ0v) is 21.1. The number of imide groups is 1. The van der Waals surface area contributed by atoms with Gasteiger partial charge in [0.15, 0.2) is 5.96 Å². The van der Waals surface area contributed by atoms with Gasteiger partial charge in [-0.1, -0.05) is 50.3 Å². The zero-order chi connectivity index (χ0) is 21.5. The van der Waals surface area contributed by atoms with Gasteiger partial charge in [0.2, 0.25) is 11.8 Å². The summed E-state index contributed by atoms with van der Waals surface area (Å²) in [4.78, 5) is 31.3. The second-order valence-corrected chi connectivity index (χ2v) is 9.38. The summed E-state index contributed by atoms with van der Waals surface area (Å²) in [6, 6.07) is 8.42. The van der Waals surface area contributed by atoms with Gasteiger partial charge in [0.05, 0.1) is 11.8 Å². The third-order valence-corrected chi connectivity index (χ3v) is 6.99. The predicted molar refractivity (Wildman–Crippen MR) is 133 cm³/mol. The molecule has 4 atom stereocenters. The van der Waals surface area contributed by atoms with Gasteiger partial charge < -0.3 is 10.6 Å². The van der Waals surface area contributed by atoms with Gasteiger partial charge in [-0.05, 0) is 36.3 Å².